The summed E-state index contributed by atoms with van der Waals surface area (Å²) in [6.07, 6.45) is 3.55. The van der Waals surface area contributed by atoms with Gasteiger partial charge in [-0.25, -0.2) is 9.69 Å². The second-order valence-corrected chi connectivity index (χ2v) is 6.05. The van der Waals surface area contributed by atoms with Gasteiger partial charge in [-0.2, -0.15) is 0 Å². The number of ether oxygens (including phenoxy) is 1. The number of anilines is 1. The van der Waals surface area contributed by atoms with Gasteiger partial charge in [-0.1, -0.05) is 19.8 Å². The molecule has 0 aromatic heterocycles. The predicted octanol–water partition coefficient (Wildman–Crippen LogP) is 2.70. The molecule has 2 fully saturated rings. The average molecular weight is 288 g/mol. The highest BCUT2D eigenvalue weighted by molar-refractivity contribution is 6.23. The highest BCUT2D eigenvalue weighted by Gasteiger charge is 2.52. The van der Waals surface area contributed by atoms with E-state index in [1.165, 1.54) is 4.90 Å². The fourth-order valence-electron chi connectivity index (χ4n) is 3.45. The van der Waals surface area contributed by atoms with E-state index in [0.717, 1.165) is 25.7 Å². The molecule has 1 heterocycles. The molecule has 1 aromatic carbocycles. The second kappa shape index (κ2) is 5.06. The Bertz CT molecular complexity index is 569. The number of hydrogen-bond acceptors (Lipinski definition) is 3. The van der Waals surface area contributed by atoms with Crippen LogP contribution in [0.25, 0.3) is 0 Å². The van der Waals surface area contributed by atoms with Crippen molar-refractivity contribution in [3.05, 3.63) is 24.3 Å². The van der Waals surface area contributed by atoms with Crippen molar-refractivity contribution in [3.63, 3.8) is 0 Å². The molecule has 1 aliphatic carbocycles. The van der Waals surface area contributed by atoms with E-state index in [2.05, 4.69) is 12.2 Å². The Morgan fingerprint density at radius 2 is 2.00 bits per heavy atom. The molecule has 1 aromatic rings. The Balaban J connectivity index is 1.89. The summed E-state index contributed by atoms with van der Waals surface area (Å²) in [4.78, 5) is 26.3. The van der Waals surface area contributed by atoms with Crippen molar-refractivity contribution in [3.8, 4) is 5.75 Å². The highest BCUT2D eigenvalue weighted by Crippen LogP contribution is 2.38. The van der Waals surface area contributed by atoms with Crippen LogP contribution in [0, 0.1) is 5.92 Å². The number of nitrogens with one attached hydrogen (secondary N) is 1. The van der Waals surface area contributed by atoms with Gasteiger partial charge in [0.2, 0.25) is 0 Å². The number of imide groups is 1. The quantitative estimate of drug-likeness (QED) is 0.851. The first-order chi connectivity index (χ1) is 10.1. The zero-order chi connectivity index (χ0) is 15.0. The monoisotopic (exact) mass is 288 g/mol. The zero-order valence-corrected chi connectivity index (χ0v) is 12.4. The summed E-state index contributed by atoms with van der Waals surface area (Å²) in [6, 6.07) is 6.66. The maximum absolute atomic E-state index is 12.8. The van der Waals surface area contributed by atoms with Gasteiger partial charge in [0.05, 0.1) is 12.8 Å². The van der Waals surface area contributed by atoms with Crippen LogP contribution in [0.3, 0.4) is 0 Å². The molecule has 2 atom stereocenters. The van der Waals surface area contributed by atoms with E-state index in [9.17, 15) is 9.59 Å². The molecule has 3 amide bonds. The van der Waals surface area contributed by atoms with Crippen LogP contribution in [0.15, 0.2) is 24.3 Å². The topological polar surface area (TPSA) is 58.6 Å². The van der Waals surface area contributed by atoms with Gasteiger partial charge in [0.1, 0.15) is 11.3 Å². The first kappa shape index (κ1) is 13.9. The first-order valence-corrected chi connectivity index (χ1v) is 7.36. The van der Waals surface area contributed by atoms with Crippen molar-refractivity contribution < 1.29 is 14.3 Å². The minimum atomic E-state index is -0.700. The maximum atomic E-state index is 12.8. The van der Waals surface area contributed by atoms with Crippen LogP contribution in [-0.2, 0) is 4.79 Å². The van der Waals surface area contributed by atoms with Crippen molar-refractivity contribution in [2.45, 2.75) is 38.1 Å². The van der Waals surface area contributed by atoms with Crippen LogP contribution < -0.4 is 15.0 Å². The van der Waals surface area contributed by atoms with E-state index >= 15 is 0 Å². The molecule has 2 unspecified atom stereocenters. The molecule has 2 aliphatic rings. The number of nitrogens with zero attached hydrogens (tertiary/aromatic N) is 1. The predicted molar refractivity (Wildman–Crippen MR) is 79.4 cm³/mol. The van der Waals surface area contributed by atoms with Gasteiger partial charge >= 0.3 is 6.03 Å². The van der Waals surface area contributed by atoms with E-state index < -0.39 is 5.54 Å². The number of benzene rings is 1. The van der Waals surface area contributed by atoms with Crippen LogP contribution in [0.5, 0.6) is 5.75 Å². The van der Waals surface area contributed by atoms with Crippen LogP contribution in [0.2, 0.25) is 0 Å². The van der Waals surface area contributed by atoms with Crippen molar-refractivity contribution >= 4 is 17.6 Å². The molecule has 5 heteroatoms. The Morgan fingerprint density at radius 3 is 2.62 bits per heavy atom. The van der Waals surface area contributed by atoms with Gasteiger partial charge in [-0.05, 0) is 43.0 Å². The van der Waals surface area contributed by atoms with Gasteiger partial charge in [-0.3, -0.25) is 4.79 Å². The smallest absolute Gasteiger partial charge is 0.329 e. The lowest BCUT2D eigenvalue weighted by Gasteiger charge is -2.34. The fraction of sp³-hybridized carbons (Fsp3) is 0.500. The summed E-state index contributed by atoms with van der Waals surface area (Å²) in [5.41, 5.74) is -0.109. The normalized spacial score (nSPS) is 28.9. The van der Waals surface area contributed by atoms with Crippen LogP contribution in [-0.4, -0.2) is 24.6 Å². The molecule has 3 rings (SSSR count). The average Bonchev–Trinajstić information content (AvgIpc) is 2.70. The van der Waals surface area contributed by atoms with Gasteiger partial charge in [0.25, 0.3) is 5.91 Å². The summed E-state index contributed by atoms with van der Waals surface area (Å²) in [5, 5.41) is 2.93. The maximum Gasteiger partial charge on any atom is 0.329 e. The number of hydrogen-bond donors (Lipinski definition) is 1. The summed E-state index contributed by atoms with van der Waals surface area (Å²) in [6.45, 7) is 2.14. The molecule has 1 saturated carbocycles. The Labute approximate surface area is 124 Å². The van der Waals surface area contributed by atoms with Crippen molar-refractivity contribution in [1.29, 1.82) is 0 Å². The van der Waals surface area contributed by atoms with E-state index in [1.807, 2.05) is 0 Å². The second-order valence-electron chi connectivity index (χ2n) is 6.05. The van der Waals surface area contributed by atoms with E-state index in [4.69, 9.17) is 4.74 Å². The van der Waals surface area contributed by atoms with Crippen molar-refractivity contribution in [2.24, 2.45) is 5.92 Å². The third-order valence-corrected chi connectivity index (χ3v) is 4.49. The van der Waals surface area contributed by atoms with E-state index in [-0.39, 0.29) is 11.9 Å². The van der Waals surface area contributed by atoms with Gasteiger partial charge < -0.3 is 10.1 Å². The lowest BCUT2D eigenvalue weighted by atomic mass is 9.76. The minimum absolute atomic E-state index is 0.121. The summed E-state index contributed by atoms with van der Waals surface area (Å²) < 4.78 is 5.11. The number of urea groups is 1. The van der Waals surface area contributed by atoms with Gasteiger partial charge in [0.15, 0.2) is 0 Å². The largest absolute Gasteiger partial charge is 0.497 e. The minimum Gasteiger partial charge on any atom is -0.497 e. The summed E-state index contributed by atoms with van der Waals surface area (Å²) in [5.74, 6) is 1.04. The molecule has 0 bridgehead atoms. The standard InChI is InChI=1S/C16H20N2O3/c1-11-4-3-9-16(10-11)14(19)18(15(20)17-16)12-5-7-13(21-2)8-6-12/h5-8,11H,3-4,9-10H2,1-2H3,(H,17,20). The molecule has 1 aliphatic heterocycles. The molecule has 1 N–H and O–H groups in total. The molecular formula is C16H20N2O3. The fourth-order valence-corrected chi connectivity index (χ4v) is 3.45. The van der Waals surface area contributed by atoms with E-state index in [0.29, 0.717) is 17.4 Å². The molecule has 112 valence electrons. The number of carbonyl (C=O) groups is 2. The Kier molecular flexibility index (Phi) is 3.35. The van der Waals surface area contributed by atoms with Gasteiger partial charge in [-0.15, -0.1) is 0 Å². The Hall–Kier alpha value is -2.04. The summed E-state index contributed by atoms with van der Waals surface area (Å²) in [7, 11) is 1.58. The van der Waals surface area contributed by atoms with Crippen molar-refractivity contribution in [1.82, 2.24) is 5.32 Å². The molecule has 21 heavy (non-hydrogen) atoms. The number of methoxy groups -OCH3 is 1. The number of rotatable bonds is 2. The number of carbonyl (C=O) groups excluding carboxylic acids is 2. The molecule has 5 nitrogen and oxygen atoms in total. The SMILES string of the molecule is COc1ccc(N2C(=O)NC3(CCCC(C)C3)C2=O)cc1. The summed E-state index contributed by atoms with van der Waals surface area (Å²) >= 11 is 0. The van der Waals surface area contributed by atoms with Crippen molar-refractivity contribution in [2.75, 3.05) is 12.0 Å². The molecule has 0 radical (unpaired) electrons. The third kappa shape index (κ3) is 2.26. The van der Waals surface area contributed by atoms with Crippen LogP contribution in [0.1, 0.15) is 32.6 Å². The molecule has 1 spiro atoms. The first-order valence-electron chi connectivity index (χ1n) is 7.36. The van der Waals surface area contributed by atoms with Crippen LogP contribution in [0.4, 0.5) is 10.5 Å². The lowest BCUT2D eigenvalue weighted by Crippen LogP contribution is -2.50. The zero-order valence-electron chi connectivity index (χ0n) is 12.4. The number of amides is 3. The van der Waals surface area contributed by atoms with E-state index in [1.54, 1.807) is 31.4 Å². The highest BCUT2D eigenvalue weighted by atomic mass is 16.5. The van der Waals surface area contributed by atoms with Gasteiger partial charge in [0, 0.05) is 0 Å². The third-order valence-electron chi connectivity index (χ3n) is 4.49. The Morgan fingerprint density at radius 1 is 1.29 bits per heavy atom. The van der Waals surface area contributed by atoms with Crippen LogP contribution >= 0.6 is 0 Å². The molecule has 1 saturated heterocycles. The lowest BCUT2D eigenvalue weighted by molar-refractivity contribution is -0.123. The molecular weight excluding hydrogens is 268 g/mol.